The summed E-state index contributed by atoms with van der Waals surface area (Å²) in [5.41, 5.74) is 4.57. The lowest BCUT2D eigenvalue weighted by atomic mass is 9.80. The molecular weight excluding hydrogens is 342 g/mol. The van der Waals surface area contributed by atoms with Gasteiger partial charge in [-0.25, -0.2) is 5.01 Å². The minimum absolute atomic E-state index is 0.128. The lowest BCUT2D eigenvalue weighted by Crippen LogP contribution is -2.59. The number of allylic oxidation sites excluding steroid dienone is 2. The summed E-state index contributed by atoms with van der Waals surface area (Å²) in [5.74, 6) is -1.08. The molecule has 0 aromatic heterocycles. The Hall–Kier alpha value is -2.89. The molecule has 1 aromatic rings. The number of hydrogen-bond acceptors (Lipinski definition) is 3. The van der Waals surface area contributed by atoms with Gasteiger partial charge in [0.2, 0.25) is 11.8 Å². The van der Waals surface area contributed by atoms with Crippen molar-refractivity contribution in [3.05, 3.63) is 54.1 Å². The molecule has 6 heteroatoms. The topological polar surface area (TPSA) is 69.7 Å². The fraction of sp³-hybridized carbons (Fsp3) is 0.381. The van der Waals surface area contributed by atoms with Crippen molar-refractivity contribution >= 4 is 23.4 Å². The molecule has 2 atom stereocenters. The Balaban J connectivity index is 1.86. The molecule has 0 saturated carbocycles. The predicted molar refractivity (Wildman–Crippen MR) is 104 cm³/mol. The van der Waals surface area contributed by atoms with Gasteiger partial charge >= 0.3 is 0 Å². The third-order valence-corrected chi connectivity index (χ3v) is 5.01. The van der Waals surface area contributed by atoms with Gasteiger partial charge in [0.1, 0.15) is 0 Å². The molecule has 6 nitrogen and oxygen atoms in total. The van der Waals surface area contributed by atoms with Crippen molar-refractivity contribution in [1.29, 1.82) is 0 Å². The number of amides is 3. The molecule has 1 aliphatic heterocycles. The van der Waals surface area contributed by atoms with E-state index in [4.69, 9.17) is 0 Å². The van der Waals surface area contributed by atoms with E-state index in [0.29, 0.717) is 37.2 Å². The maximum Gasteiger partial charge on any atom is 0.254 e. The average Bonchev–Trinajstić information content (AvgIpc) is 2.68. The van der Waals surface area contributed by atoms with Gasteiger partial charge in [0.25, 0.3) is 5.91 Å². The van der Waals surface area contributed by atoms with Gasteiger partial charge in [-0.2, -0.15) is 0 Å². The number of fused-ring (bicyclic) bond motifs is 1. The van der Waals surface area contributed by atoms with Gasteiger partial charge in [-0.3, -0.25) is 19.8 Å². The van der Waals surface area contributed by atoms with Gasteiger partial charge in [-0.05, 0) is 44.9 Å². The monoisotopic (exact) mass is 367 g/mol. The van der Waals surface area contributed by atoms with E-state index in [-0.39, 0.29) is 29.6 Å². The fourth-order valence-corrected chi connectivity index (χ4v) is 3.60. The van der Waals surface area contributed by atoms with E-state index in [1.54, 1.807) is 29.2 Å². The Kier molecular flexibility index (Phi) is 5.44. The summed E-state index contributed by atoms with van der Waals surface area (Å²) in [7, 11) is 0. The van der Waals surface area contributed by atoms with Crippen molar-refractivity contribution in [3.63, 3.8) is 0 Å². The molecular formula is C21H25N3O3. The van der Waals surface area contributed by atoms with Crippen LogP contribution >= 0.6 is 0 Å². The average molecular weight is 367 g/mol. The molecule has 1 aliphatic carbocycles. The molecule has 1 aromatic carbocycles. The Morgan fingerprint density at radius 3 is 2.63 bits per heavy atom. The molecule has 1 fully saturated rings. The zero-order valence-corrected chi connectivity index (χ0v) is 15.8. The van der Waals surface area contributed by atoms with Crippen LogP contribution in [0, 0.1) is 11.8 Å². The number of anilines is 1. The Morgan fingerprint density at radius 1 is 1.26 bits per heavy atom. The van der Waals surface area contributed by atoms with Crippen LogP contribution in [0.25, 0.3) is 0 Å². The largest absolute Gasteiger partial charge is 0.335 e. The zero-order chi connectivity index (χ0) is 19.6. The molecule has 0 spiro atoms. The molecule has 1 N–H and O–H groups in total. The van der Waals surface area contributed by atoms with Crippen LogP contribution in [0.4, 0.5) is 5.69 Å². The maximum atomic E-state index is 12.9. The molecule has 2 aliphatic rings. The van der Waals surface area contributed by atoms with E-state index in [9.17, 15) is 14.4 Å². The summed E-state index contributed by atoms with van der Waals surface area (Å²) in [6.45, 7) is 8.70. The molecule has 142 valence electrons. The van der Waals surface area contributed by atoms with Gasteiger partial charge in [-0.1, -0.05) is 30.4 Å². The van der Waals surface area contributed by atoms with Crippen LogP contribution in [0.3, 0.4) is 0 Å². The van der Waals surface area contributed by atoms with E-state index < -0.39 is 0 Å². The van der Waals surface area contributed by atoms with Crippen molar-refractivity contribution in [2.45, 2.75) is 26.7 Å². The van der Waals surface area contributed by atoms with Crippen LogP contribution < -0.4 is 10.4 Å². The van der Waals surface area contributed by atoms with Crippen molar-refractivity contribution in [2.24, 2.45) is 11.8 Å². The highest BCUT2D eigenvalue weighted by Gasteiger charge is 2.42. The molecule has 3 rings (SSSR count). The number of carbonyl (C=O) groups excluding carboxylic acids is 3. The van der Waals surface area contributed by atoms with Crippen molar-refractivity contribution in [1.82, 2.24) is 10.3 Å². The normalized spacial score (nSPS) is 21.5. The summed E-state index contributed by atoms with van der Waals surface area (Å²) in [4.78, 5) is 39.8. The summed E-state index contributed by atoms with van der Waals surface area (Å²) in [5, 5.41) is 1.29. The molecule has 27 heavy (non-hydrogen) atoms. The predicted octanol–water partition coefficient (Wildman–Crippen LogP) is 2.69. The van der Waals surface area contributed by atoms with Crippen molar-refractivity contribution in [3.8, 4) is 0 Å². The Morgan fingerprint density at radius 2 is 1.96 bits per heavy atom. The number of rotatable bonds is 5. The third kappa shape index (κ3) is 3.79. The second-order valence-corrected chi connectivity index (χ2v) is 7.13. The maximum absolute atomic E-state index is 12.9. The van der Waals surface area contributed by atoms with Crippen LogP contribution in [0.2, 0.25) is 0 Å². The number of nitrogens with zero attached hydrogens (tertiary/aromatic N) is 2. The van der Waals surface area contributed by atoms with E-state index in [1.165, 1.54) is 5.01 Å². The van der Waals surface area contributed by atoms with Gasteiger partial charge in [0.15, 0.2) is 0 Å². The highest BCUT2D eigenvalue weighted by Crippen LogP contribution is 2.32. The lowest BCUT2D eigenvalue weighted by Gasteiger charge is -2.38. The van der Waals surface area contributed by atoms with E-state index in [2.05, 4.69) is 12.0 Å². The van der Waals surface area contributed by atoms with E-state index >= 15 is 0 Å². The first-order valence-corrected chi connectivity index (χ1v) is 9.25. The standard InChI is InChI=1S/C21H25N3O3/c1-4-23(13-14(2)3)20(26)15-8-7-9-16(12-15)24-21(27)18-11-6-5-10-17(18)19(25)22-24/h5-9,12,17-18H,2,4,10-11,13H2,1,3H3,(H,22,25)/t17-,18-/m0/s1. The lowest BCUT2D eigenvalue weighted by molar-refractivity contribution is -0.139. The van der Waals surface area contributed by atoms with E-state index in [1.807, 2.05) is 26.0 Å². The highest BCUT2D eigenvalue weighted by molar-refractivity contribution is 6.05. The summed E-state index contributed by atoms with van der Waals surface area (Å²) in [6, 6.07) is 6.82. The number of hydrogen-bond donors (Lipinski definition) is 1. The second kappa shape index (κ2) is 7.78. The van der Waals surface area contributed by atoms with Gasteiger partial charge in [0.05, 0.1) is 17.5 Å². The first-order valence-electron chi connectivity index (χ1n) is 9.25. The van der Waals surface area contributed by atoms with E-state index in [0.717, 1.165) is 5.57 Å². The third-order valence-electron chi connectivity index (χ3n) is 5.01. The smallest absolute Gasteiger partial charge is 0.254 e. The summed E-state index contributed by atoms with van der Waals surface area (Å²) in [6.07, 6.45) is 5.05. The van der Waals surface area contributed by atoms with Gasteiger partial charge in [-0.15, -0.1) is 0 Å². The number of benzene rings is 1. The first kappa shape index (κ1) is 18.9. The molecule has 1 heterocycles. The Bertz CT molecular complexity index is 815. The van der Waals surface area contributed by atoms with Crippen LogP contribution in [0.5, 0.6) is 0 Å². The van der Waals surface area contributed by atoms with Crippen LogP contribution in [-0.2, 0) is 9.59 Å². The molecule has 0 radical (unpaired) electrons. The SMILES string of the molecule is C=C(C)CN(CC)C(=O)c1cccc(N2NC(=O)[C@H]3CC=CC[C@@H]3C2=O)c1. The van der Waals surface area contributed by atoms with Crippen LogP contribution in [0.1, 0.15) is 37.0 Å². The summed E-state index contributed by atoms with van der Waals surface area (Å²) >= 11 is 0. The number of likely N-dealkylation sites (N-methyl/N-ethyl adjacent to an activating group) is 1. The summed E-state index contributed by atoms with van der Waals surface area (Å²) < 4.78 is 0. The fourth-order valence-electron chi connectivity index (χ4n) is 3.60. The molecule has 3 amide bonds. The number of carbonyl (C=O) groups is 3. The minimum Gasteiger partial charge on any atom is -0.335 e. The second-order valence-electron chi connectivity index (χ2n) is 7.13. The number of nitrogens with one attached hydrogen (secondary N) is 1. The van der Waals surface area contributed by atoms with Crippen molar-refractivity contribution in [2.75, 3.05) is 18.1 Å². The van der Waals surface area contributed by atoms with Crippen molar-refractivity contribution < 1.29 is 14.4 Å². The molecule has 0 unspecified atom stereocenters. The first-order chi connectivity index (χ1) is 12.9. The molecule has 0 bridgehead atoms. The van der Waals surface area contributed by atoms with Gasteiger partial charge in [0, 0.05) is 18.7 Å². The van der Waals surface area contributed by atoms with Gasteiger partial charge < -0.3 is 4.90 Å². The minimum atomic E-state index is -0.348. The Labute approximate surface area is 159 Å². The van der Waals surface area contributed by atoms with Crippen LogP contribution in [-0.4, -0.2) is 35.7 Å². The number of hydrazine groups is 1. The van der Waals surface area contributed by atoms with Crippen LogP contribution in [0.15, 0.2) is 48.6 Å². The molecule has 1 saturated heterocycles. The zero-order valence-electron chi connectivity index (χ0n) is 15.8. The highest BCUT2D eigenvalue weighted by atomic mass is 16.2. The quantitative estimate of drug-likeness (QED) is 0.814.